The van der Waals surface area contributed by atoms with Gasteiger partial charge in [0.1, 0.15) is 4.90 Å². The lowest BCUT2D eigenvalue weighted by molar-refractivity contribution is -0.119. The molecule has 8 nitrogen and oxygen atoms in total. The Labute approximate surface area is 213 Å². The summed E-state index contributed by atoms with van der Waals surface area (Å²) in [6.07, 6.45) is 0. The van der Waals surface area contributed by atoms with Crippen molar-refractivity contribution in [3.63, 3.8) is 0 Å². The highest BCUT2D eigenvalue weighted by molar-refractivity contribution is 7.91. The fraction of sp³-hybridized carbons (Fsp3) is 0.125. The molecule has 3 aromatic carbocycles. The van der Waals surface area contributed by atoms with Crippen LogP contribution in [0.1, 0.15) is 19.4 Å². The third kappa shape index (κ3) is 6.60. The second-order valence-electron chi connectivity index (χ2n) is 7.40. The minimum absolute atomic E-state index is 0.0402. The number of nitrogens with one attached hydrogen (secondary N) is 3. The van der Waals surface area contributed by atoms with Gasteiger partial charge in [-0.1, -0.05) is 53.5 Å². The number of amides is 2. The molecule has 3 N–H and O–H groups in total. The molecule has 0 radical (unpaired) electrons. The average molecular weight is 533 g/mol. The summed E-state index contributed by atoms with van der Waals surface area (Å²) in [6.45, 7) is 2.83. The molecule has 11 heteroatoms. The van der Waals surface area contributed by atoms with E-state index in [1.165, 1.54) is 31.2 Å². The number of nitrogens with zero attached hydrogens (tertiary/aromatic N) is 1. The Hall–Kier alpha value is -3.40. The molecule has 0 aromatic heterocycles. The predicted octanol–water partition coefficient (Wildman–Crippen LogP) is 4.74. The normalized spacial score (nSPS) is 11.6. The van der Waals surface area contributed by atoms with Gasteiger partial charge in [0, 0.05) is 12.6 Å². The largest absolute Gasteiger partial charge is 0.375 e. The second kappa shape index (κ2) is 11.4. The molecule has 3 aromatic rings. The molecule has 0 bridgehead atoms. The van der Waals surface area contributed by atoms with E-state index in [0.29, 0.717) is 17.0 Å². The highest BCUT2D eigenvalue weighted by Gasteiger charge is 2.26. The lowest BCUT2D eigenvalue weighted by Gasteiger charge is -2.15. The number of sulfone groups is 1. The molecule has 0 aliphatic carbocycles. The van der Waals surface area contributed by atoms with Gasteiger partial charge in [-0.15, -0.1) is 0 Å². The second-order valence-corrected chi connectivity index (χ2v) is 10.1. The molecule has 0 spiro atoms. The molecule has 0 aliphatic rings. The number of benzene rings is 3. The van der Waals surface area contributed by atoms with Crippen molar-refractivity contribution in [2.75, 3.05) is 17.2 Å². The van der Waals surface area contributed by atoms with Gasteiger partial charge in [-0.05, 0) is 48.9 Å². The summed E-state index contributed by atoms with van der Waals surface area (Å²) < 4.78 is 26.4. The van der Waals surface area contributed by atoms with Gasteiger partial charge in [0.15, 0.2) is 0 Å². The van der Waals surface area contributed by atoms with Crippen molar-refractivity contribution in [3.05, 3.63) is 82.3 Å². The summed E-state index contributed by atoms with van der Waals surface area (Å²) in [5.74, 6) is -0.719. The summed E-state index contributed by atoms with van der Waals surface area (Å²) in [6, 6.07) is 17.7. The molecule has 0 saturated carbocycles. The van der Waals surface area contributed by atoms with Crippen LogP contribution in [0.15, 0.2) is 81.6 Å². The Kier molecular flexibility index (Phi) is 8.50. The minimum atomic E-state index is -4.01. The zero-order chi connectivity index (χ0) is 25.6. The van der Waals surface area contributed by atoms with Crippen molar-refractivity contribution in [2.45, 2.75) is 23.6 Å². The van der Waals surface area contributed by atoms with Crippen LogP contribution in [0.2, 0.25) is 10.0 Å². The molecule has 35 heavy (non-hydrogen) atoms. The van der Waals surface area contributed by atoms with Gasteiger partial charge < -0.3 is 10.6 Å². The smallest absolute Gasteiger partial charge is 0.259 e. The number of carbonyl (C=O) groups excluding carboxylic acids is 2. The molecule has 0 aliphatic heterocycles. The molecule has 3 rings (SSSR count). The van der Waals surface area contributed by atoms with E-state index >= 15 is 0 Å². The van der Waals surface area contributed by atoms with Gasteiger partial charge in [0.2, 0.25) is 15.7 Å². The van der Waals surface area contributed by atoms with Crippen LogP contribution in [0.25, 0.3) is 0 Å². The zero-order valence-electron chi connectivity index (χ0n) is 18.8. The van der Waals surface area contributed by atoms with E-state index in [-0.39, 0.29) is 38.0 Å². The van der Waals surface area contributed by atoms with E-state index in [1.54, 1.807) is 49.4 Å². The van der Waals surface area contributed by atoms with Gasteiger partial charge in [0.25, 0.3) is 5.91 Å². The number of anilines is 2. The molecule has 182 valence electrons. The first-order valence-electron chi connectivity index (χ1n) is 10.3. The van der Waals surface area contributed by atoms with E-state index < -0.39 is 15.7 Å². The number of carbonyl (C=O) groups is 2. The van der Waals surface area contributed by atoms with E-state index in [1.807, 2.05) is 0 Å². The van der Waals surface area contributed by atoms with Gasteiger partial charge in [-0.3, -0.25) is 9.59 Å². The molecule has 0 unspecified atom stereocenters. The molecule has 0 heterocycles. The van der Waals surface area contributed by atoms with Gasteiger partial charge in [0.05, 0.1) is 32.9 Å². The average Bonchev–Trinajstić information content (AvgIpc) is 2.83. The summed E-state index contributed by atoms with van der Waals surface area (Å²) in [7, 11) is -4.01. The number of hydrogen-bond acceptors (Lipinski definition) is 6. The Morgan fingerprint density at radius 1 is 0.943 bits per heavy atom. The topological polar surface area (TPSA) is 117 Å². The molecular weight excluding hydrogens is 511 g/mol. The van der Waals surface area contributed by atoms with E-state index in [4.69, 9.17) is 23.2 Å². The van der Waals surface area contributed by atoms with Crippen LogP contribution >= 0.6 is 23.2 Å². The summed E-state index contributed by atoms with van der Waals surface area (Å²) in [5.41, 5.74) is 4.35. The third-order valence-electron chi connectivity index (χ3n) is 4.76. The summed E-state index contributed by atoms with van der Waals surface area (Å²) in [4.78, 5) is 23.5. The minimum Gasteiger partial charge on any atom is -0.375 e. The van der Waals surface area contributed by atoms with Crippen molar-refractivity contribution in [2.24, 2.45) is 5.10 Å². The Morgan fingerprint density at radius 2 is 1.66 bits per heavy atom. The lowest BCUT2D eigenvalue weighted by Crippen LogP contribution is -2.27. The van der Waals surface area contributed by atoms with E-state index in [2.05, 4.69) is 21.2 Å². The van der Waals surface area contributed by atoms with Crippen LogP contribution in [-0.4, -0.2) is 32.5 Å². The first kappa shape index (κ1) is 26.2. The van der Waals surface area contributed by atoms with Crippen LogP contribution in [0.4, 0.5) is 11.4 Å². The quantitative estimate of drug-likeness (QED) is 0.286. The third-order valence-corrected chi connectivity index (χ3v) is 7.53. The number of halogens is 2. The Bertz CT molecular complexity index is 1390. The van der Waals surface area contributed by atoms with Crippen LogP contribution in [-0.2, 0) is 19.4 Å². The maximum absolute atomic E-state index is 13.2. The molecular formula is C24H22Cl2N4O4S. The van der Waals surface area contributed by atoms with Crippen LogP contribution in [0.3, 0.4) is 0 Å². The molecule has 0 saturated heterocycles. The van der Waals surface area contributed by atoms with E-state index in [0.717, 1.165) is 0 Å². The molecule has 0 fully saturated rings. The van der Waals surface area contributed by atoms with Crippen LogP contribution in [0, 0.1) is 0 Å². The monoisotopic (exact) mass is 532 g/mol. The van der Waals surface area contributed by atoms with Crippen LogP contribution in [0.5, 0.6) is 0 Å². The summed E-state index contributed by atoms with van der Waals surface area (Å²) >= 11 is 12.3. The lowest BCUT2D eigenvalue weighted by atomic mass is 10.1. The number of hydrogen-bond donors (Lipinski definition) is 3. The molecule has 2 amide bonds. The van der Waals surface area contributed by atoms with Crippen molar-refractivity contribution >= 4 is 61.9 Å². The maximum Gasteiger partial charge on any atom is 0.259 e. The van der Waals surface area contributed by atoms with Crippen molar-refractivity contribution in [1.29, 1.82) is 0 Å². The van der Waals surface area contributed by atoms with Gasteiger partial charge in [-0.2, -0.15) is 5.10 Å². The fourth-order valence-electron chi connectivity index (χ4n) is 3.10. The SMILES string of the molecule is CC(=O)Nc1cccc(/C(C)=N\NC(=O)CNc2ccc(Cl)c(Cl)c2S(=O)(=O)c2ccccc2)c1. The standard InChI is InChI=1S/C24H22Cl2N4O4S/c1-15(17-7-6-8-18(13-17)28-16(2)31)29-30-22(32)14-27-21-12-11-20(25)23(26)24(21)35(33,34)19-9-4-3-5-10-19/h3-13,27H,14H2,1-2H3,(H,28,31)(H,30,32)/b29-15-. The summed E-state index contributed by atoms with van der Waals surface area (Å²) in [5, 5.41) is 9.48. The highest BCUT2D eigenvalue weighted by atomic mass is 35.5. The zero-order valence-corrected chi connectivity index (χ0v) is 21.1. The Balaban J connectivity index is 1.75. The van der Waals surface area contributed by atoms with Gasteiger partial charge in [-0.25, -0.2) is 13.8 Å². The maximum atomic E-state index is 13.2. The van der Waals surface area contributed by atoms with E-state index in [9.17, 15) is 18.0 Å². The van der Waals surface area contributed by atoms with Crippen LogP contribution < -0.4 is 16.1 Å². The fourth-order valence-corrected chi connectivity index (χ4v) is 5.31. The van der Waals surface area contributed by atoms with Gasteiger partial charge >= 0.3 is 0 Å². The molecule has 0 atom stereocenters. The first-order chi connectivity index (χ1) is 16.6. The highest BCUT2D eigenvalue weighted by Crippen LogP contribution is 2.38. The first-order valence-corrected chi connectivity index (χ1v) is 12.6. The van der Waals surface area contributed by atoms with Crippen molar-refractivity contribution < 1.29 is 18.0 Å². The number of rotatable bonds is 8. The number of hydrazone groups is 1. The predicted molar refractivity (Wildman–Crippen MR) is 138 cm³/mol. The van der Waals surface area contributed by atoms with Crippen molar-refractivity contribution in [1.82, 2.24) is 5.43 Å². The van der Waals surface area contributed by atoms with Crippen molar-refractivity contribution in [3.8, 4) is 0 Å². The Morgan fingerprint density at radius 3 is 2.34 bits per heavy atom.